The maximum Gasteiger partial charge on any atom is 0.0609 e. The molecule has 0 amide bonds. The minimum atomic E-state index is 0.0868. The van der Waals surface area contributed by atoms with Crippen LogP contribution in [0.15, 0.2) is 5.11 Å². The molecule has 0 aromatic carbocycles. The minimum Gasteiger partial charge on any atom is -0.381 e. The van der Waals surface area contributed by atoms with Gasteiger partial charge in [0.1, 0.15) is 0 Å². The lowest BCUT2D eigenvalue weighted by atomic mass is 10.1. The van der Waals surface area contributed by atoms with E-state index in [0.717, 1.165) is 19.4 Å². The van der Waals surface area contributed by atoms with Gasteiger partial charge >= 0.3 is 0 Å². The third-order valence-corrected chi connectivity index (χ3v) is 1.35. The summed E-state index contributed by atoms with van der Waals surface area (Å²) in [6.07, 6.45) is 1.99. The number of azide groups is 1. The summed E-state index contributed by atoms with van der Waals surface area (Å²) in [7, 11) is 0. The predicted molar refractivity (Wildman–Crippen MR) is 41.4 cm³/mol. The van der Waals surface area contributed by atoms with Crippen LogP contribution in [0.1, 0.15) is 24.7 Å². The number of rotatable bonds is 1. The second-order valence-corrected chi connectivity index (χ2v) is 2.08. The molecular weight excluding hydrogens is 118 g/mol. The van der Waals surface area contributed by atoms with Crippen LogP contribution in [0.4, 0.5) is 0 Å². The van der Waals surface area contributed by atoms with Crippen LogP contribution in [-0.2, 0) is 4.74 Å². The Morgan fingerprint density at radius 1 is 1.89 bits per heavy atom. The Kier molecular flexibility index (Phi) is 1.07. The molecule has 1 aliphatic rings. The van der Waals surface area contributed by atoms with Crippen LogP contribution in [0.5, 0.6) is 0 Å². The van der Waals surface area contributed by atoms with Crippen LogP contribution in [0.3, 0.4) is 0 Å². The van der Waals surface area contributed by atoms with E-state index in [-0.39, 0.29) is 6.04 Å². The van der Waals surface area contributed by atoms with Gasteiger partial charge in [0.25, 0.3) is 0 Å². The summed E-state index contributed by atoms with van der Waals surface area (Å²) < 4.78 is 45.1. The van der Waals surface area contributed by atoms with Gasteiger partial charge in [0, 0.05) is 23.4 Å². The van der Waals surface area contributed by atoms with Gasteiger partial charge in [-0.1, -0.05) is 5.11 Å². The van der Waals surface area contributed by atoms with Crippen LogP contribution < -0.4 is 0 Å². The first kappa shape index (κ1) is 2.90. The minimum absolute atomic E-state index is 0.0868. The molecule has 0 saturated carbocycles. The zero-order chi connectivity index (χ0) is 14.5. The molecule has 4 nitrogen and oxygen atoms in total. The molecule has 0 spiro atoms. The number of ether oxygens (including phenoxy) is 1. The third-order valence-electron chi connectivity index (χ3n) is 1.35. The van der Waals surface area contributed by atoms with Crippen LogP contribution in [-0.4, -0.2) is 19.3 Å². The van der Waals surface area contributed by atoms with Crippen LogP contribution in [0.25, 0.3) is 10.4 Å². The van der Waals surface area contributed by atoms with Crippen LogP contribution >= 0.6 is 0 Å². The summed E-state index contributed by atoms with van der Waals surface area (Å²) in [5.41, 5.74) is 8.02. The molecule has 4 heteroatoms. The smallest absolute Gasteiger partial charge is 0.0609 e. The van der Waals surface area contributed by atoms with Crippen molar-refractivity contribution in [3.05, 3.63) is 10.4 Å². The second kappa shape index (κ2) is 3.33. The standard InChI is InChI=1S/C5H9N3O.4H2/c6-8-7-5-2-1-3-9-4-5;;;;/h5H,1-4H2;4*1H/i;4*1+1D. The van der Waals surface area contributed by atoms with Crippen molar-refractivity contribution < 1.29 is 16.6 Å². The zero-order valence-electron chi connectivity index (χ0n) is 13.2. The monoisotopic (exact) mass is 143 g/mol. The highest BCUT2D eigenvalue weighted by molar-refractivity contribution is 4.69. The van der Waals surface area contributed by atoms with Crippen molar-refractivity contribution in [3.8, 4) is 0 Å². The first-order valence-corrected chi connectivity index (χ1v) is 3.05. The van der Waals surface area contributed by atoms with Gasteiger partial charge in [-0.25, -0.2) is 0 Å². The van der Waals surface area contributed by atoms with E-state index < -0.39 is 0 Å². The van der Waals surface area contributed by atoms with E-state index in [0.29, 0.717) is 6.61 Å². The van der Waals surface area contributed by atoms with Crippen molar-refractivity contribution in [2.75, 3.05) is 13.2 Å². The van der Waals surface area contributed by atoms with Crippen LogP contribution in [0.2, 0.25) is 0 Å². The van der Waals surface area contributed by atoms with Crippen molar-refractivity contribution in [3.63, 3.8) is 0 Å². The summed E-state index contributed by atoms with van der Waals surface area (Å²) in [5, 5.41) is 3.54. The lowest BCUT2D eigenvalue weighted by molar-refractivity contribution is 0.0823. The topological polar surface area (TPSA) is 58.0 Å². The summed E-state index contributed by atoms with van der Waals surface area (Å²) in [6, 6.07) is 0.0868. The third kappa shape index (κ3) is 1.91. The Hall–Kier alpha value is -0.730. The molecular formula is C5H17N3O. The quantitative estimate of drug-likeness (QED) is 0.316. The Morgan fingerprint density at radius 2 is 2.78 bits per heavy atom. The number of hydrogen-bond donors (Lipinski definition) is 0. The van der Waals surface area contributed by atoms with E-state index in [9.17, 15) is 0 Å². The van der Waals surface area contributed by atoms with Crippen molar-refractivity contribution in [1.29, 1.82) is 0 Å². The van der Waals surface area contributed by atoms with Gasteiger partial charge < -0.3 is 4.74 Å². The highest BCUT2D eigenvalue weighted by Gasteiger charge is 2.10. The largest absolute Gasteiger partial charge is 0.381 e. The van der Waals surface area contributed by atoms with Gasteiger partial charge in [-0.2, -0.15) is 0 Å². The Morgan fingerprint density at radius 3 is 3.33 bits per heavy atom. The van der Waals surface area contributed by atoms with E-state index in [1.807, 2.05) is 0 Å². The molecule has 0 N–H and O–H groups in total. The molecule has 58 valence electrons. The molecule has 1 atom stereocenters. The molecule has 1 fully saturated rings. The lowest BCUT2D eigenvalue weighted by Gasteiger charge is -2.16. The van der Waals surface area contributed by atoms with Crippen LogP contribution in [0, 0.1) is 0 Å². The number of hydrogen-bond acceptors (Lipinski definition) is 2. The highest BCUT2D eigenvalue weighted by atomic mass is 16.5. The molecule has 0 aliphatic carbocycles. The van der Waals surface area contributed by atoms with Gasteiger partial charge in [-0.3, -0.25) is 0 Å². The molecule has 1 saturated heterocycles. The van der Waals surface area contributed by atoms with E-state index >= 15 is 0 Å². The molecule has 0 aromatic rings. The maximum atomic E-state index is 8.02. The first-order valence-electron chi connectivity index (χ1n) is 7.05. The fourth-order valence-corrected chi connectivity index (χ4v) is 0.888. The van der Waals surface area contributed by atoms with Gasteiger partial charge in [-0.05, 0) is 18.4 Å². The summed E-state index contributed by atoms with van der Waals surface area (Å²) in [5.74, 6) is 0. The maximum absolute atomic E-state index is 8.02. The first-order chi connectivity index (χ1) is 8.43. The molecule has 1 heterocycles. The van der Waals surface area contributed by atoms with Crippen molar-refractivity contribution >= 4 is 0 Å². The highest BCUT2D eigenvalue weighted by Crippen LogP contribution is 2.08. The van der Waals surface area contributed by atoms with E-state index in [1.54, 1.807) is 0 Å². The molecule has 1 unspecified atom stereocenters. The fraction of sp³-hybridized carbons (Fsp3) is 1.00. The van der Waals surface area contributed by atoms with E-state index in [1.165, 1.54) is 0 Å². The Labute approximate surface area is 65.8 Å². The average molecular weight is 143 g/mol. The summed E-state index contributed by atoms with van der Waals surface area (Å²) >= 11 is 0. The molecule has 0 bridgehead atoms. The fourth-order valence-electron chi connectivity index (χ4n) is 0.888. The SMILES string of the molecule is [2H][2H].[2H][2H].[2H][2H].[2H][2H].[N-]=[N+]=NC1CCCOC1. The number of nitrogens with zero attached hydrogens (tertiary/aromatic N) is 3. The van der Waals surface area contributed by atoms with Gasteiger partial charge in [0.05, 0.1) is 12.6 Å². The van der Waals surface area contributed by atoms with Gasteiger partial charge in [-0.15, -0.1) is 0 Å². The second-order valence-electron chi connectivity index (χ2n) is 2.08. The summed E-state index contributed by atoms with van der Waals surface area (Å²) in [6.45, 7) is 1.42. The van der Waals surface area contributed by atoms with Gasteiger partial charge in [0.15, 0.2) is 0 Å². The van der Waals surface area contributed by atoms with E-state index in [4.69, 9.17) is 22.1 Å². The lowest BCUT2D eigenvalue weighted by Crippen LogP contribution is -2.19. The normalized spacial score (nSPS) is 30.4. The Balaban J connectivity index is -0.0000000905. The molecule has 9 heavy (non-hydrogen) atoms. The zero-order valence-corrected chi connectivity index (χ0v) is 5.16. The molecule has 0 aromatic heterocycles. The van der Waals surface area contributed by atoms with E-state index in [2.05, 4.69) is 10.0 Å². The average Bonchev–Trinajstić information content (AvgIpc) is 2.49. The van der Waals surface area contributed by atoms with Crippen molar-refractivity contribution in [1.82, 2.24) is 0 Å². The molecule has 1 rings (SSSR count). The van der Waals surface area contributed by atoms with Gasteiger partial charge in [0.2, 0.25) is 0 Å². The van der Waals surface area contributed by atoms with Crippen molar-refractivity contribution in [2.45, 2.75) is 18.9 Å². The Bertz CT molecular complexity index is 141. The molecule has 1 aliphatic heterocycles. The predicted octanol–water partition coefficient (Wildman–Crippen LogP) is 2.46. The van der Waals surface area contributed by atoms with Crippen molar-refractivity contribution in [2.24, 2.45) is 5.11 Å². The summed E-state index contributed by atoms with van der Waals surface area (Å²) in [4.78, 5) is 2.70. The molecule has 0 radical (unpaired) electrons.